The minimum Gasteiger partial charge on any atom is -0.508 e. The van der Waals surface area contributed by atoms with Gasteiger partial charge in [0.1, 0.15) is 17.5 Å². The van der Waals surface area contributed by atoms with Crippen LogP contribution >= 0.6 is 0 Å². The molecule has 0 radical (unpaired) electrons. The van der Waals surface area contributed by atoms with Crippen molar-refractivity contribution in [2.24, 2.45) is 11.8 Å². The Morgan fingerprint density at radius 1 is 1.10 bits per heavy atom. The number of rotatable bonds is 9. The Labute approximate surface area is 229 Å². The SMILES string of the molecule is CCN(CC)C(=O)c1ccc(N2C=C(C3CCCC3)N(Cc3ccc(O)cc3)C(=O)[C@H]2C(C)C)c([N+](=O)[O-])c1. The Bertz CT molecular complexity index is 1250. The monoisotopic (exact) mass is 534 g/mol. The summed E-state index contributed by atoms with van der Waals surface area (Å²) < 4.78 is 0. The van der Waals surface area contributed by atoms with Crippen molar-refractivity contribution in [2.75, 3.05) is 18.0 Å². The van der Waals surface area contributed by atoms with Gasteiger partial charge in [-0.2, -0.15) is 0 Å². The maximum Gasteiger partial charge on any atom is 0.293 e. The number of nitro benzene ring substituents is 1. The topological polar surface area (TPSA) is 107 Å². The second-order valence-electron chi connectivity index (χ2n) is 10.7. The predicted molar refractivity (Wildman–Crippen MR) is 150 cm³/mol. The van der Waals surface area contributed by atoms with E-state index in [4.69, 9.17) is 0 Å². The maximum atomic E-state index is 14.2. The summed E-state index contributed by atoms with van der Waals surface area (Å²) in [4.78, 5) is 44.2. The Balaban J connectivity index is 1.82. The molecule has 208 valence electrons. The number of nitro groups is 1. The molecule has 1 heterocycles. The highest BCUT2D eigenvalue weighted by molar-refractivity contribution is 5.96. The summed E-state index contributed by atoms with van der Waals surface area (Å²) in [6, 6.07) is 10.7. The average molecular weight is 535 g/mol. The molecule has 9 heteroatoms. The summed E-state index contributed by atoms with van der Waals surface area (Å²) in [5, 5.41) is 22.0. The summed E-state index contributed by atoms with van der Waals surface area (Å²) >= 11 is 0. The van der Waals surface area contributed by atoms with E-state index in [2.05, 4.69) is 0 Å². The molecule has 1 N–H and O–H groups in total. The van der Waals surface area contributed by atoms with E-state index in [0.29, 0.717) is 25.3 Å². The molecule has 1 fully saturated rings. The summed E-state index contributed by atoms with van der Waals surface area (Å²) in [5.74, 6) is -0.175. The molecule has 1 atom stereocenters. The van der Waals surface area contributed by atoms with Gasteiger partial charge in [-0.05, 0) is 62.4 Å². The fourth-order valence-corrected chi connectivity index (χ4v) is 5.74. The molecule has 2 aliphatic rings. The molecule has 2 amide bonds. The zero-order chi connectivity index (χ0) is 28.3. The zero-order valence-corrected chi connectivity index (χ0v) is 23.2. The van der Waals surface area contributed by atoms with Crippen LogP contribution in [0.3, 0.4) is 0 Å². The van der Waals surface area contributed by atoms with Crippen LogP contribution < -0.4 is 4.90 Å². The molecular formula is C30H38N4O5. The number of benzene rings is 2. The van der Waals surface area contributed by atoms with Gasteiger partial charge in [-0.25, -0.2) is 0 Å². The standard InChI is InChI=1S/C30H38N4O5/c1-5-31(6-2)29(36)23-13-16-25(26(17-23)34(38)39)32-19-27(22-9-7-8-10-22)33(30(37)28(32)20(3)4)18-21-11-14-24(35)15-12-21/h11-17,19-20,22,28,35H,5-10,18H2,1-4H3/t28-/m1/s1. The first-order valence-electron chi connectivity index (χ1n) is 13.8. The largest absolute Gasteiger partial charge is 0.508 e. The lowest BCUT2D eigenvalue weighted by atomic mass is 9.93. The predicted octanol–water partition coefficient (Wildman–Crippen LogP) is 5.69. The number of nitrogens with zero attached hydrogens (tertiary/aromatic N) is 4. The van der Waals surface area contributed by atoms with E-state index in [-0.39, 0.29) is 40.7 Å². The van der Waals surface area contributed by atoms with Gasteiger partial charge in [0.05, 0.1) is 11.5 Å². The van der Waals surface area contributed by atoms with Crippen LogP contribution in [0.1, 0.15) is 69.3 Å². The first-order valence-corrected chi connectivity index (χ1v) is 13.8. The van der Waals surface area contributed by atoms with Crippen LogP contribution in [-0.4, -0.2) is 50.8 Å². The molecular weight excluding hydrogens is 496 g/mol. The Morgan fingerprint density at radius 3 is 2.31 bits per heavy atom. The van der Waals surface area contributed by atoms with Gasteiger partial charge in [0, 0.05) is 42.5 Å². The van der Waals surface area contributed by atoms with E-state index in [1.54, 1.807) is 34.1 Å². The second kappa shape index (κ2) is 11.9. The summed E-state index contributed by atoms with van der Waals surface area (Å²) in [5.41, 5.74) is 2.13. The molecule has 39 heavy (non-hydrogen) atoms. The normalized spacial score (nSPS) is 18.0. The number of hydrogen-bond donors (Lipinski definition) is 1. The van der Waals surface area contributed by atoms with Crippen LogP contribution in [0, 0.1) is 22.0 Å². The molecule has 4 rings (SSSR count). The van der Waals surface area contributed by atoms with Crippen LogP contribution in [0.4, 0.5) is 11.4 Å². The van der Waals surface area contributed by atoms with Crippen molar-refractivity contribution in [1.82, 2.24) is 9.80 Å². The average Bonchev–Trinajstić information content (AvgIpc) is 3.45. The van der Waals surface area contributed by atoms with Crippen LogP contribution in [0.25, 0.3) is 0 Å². The number of allylic oxidation sites excluding steroid dienone is 1. The van der Waals surface area contributed by atoms with Gasteiger partial charge in [0.2, 0.25) is 5.91 Å². The number of aromatic hydroxyl groups is 1. The summed E-state index contributed by atoms with van der Waals surface area (Å²) in [6.45, 7) is 8.99. The van der Waals surface area contributed by atoms with Crippen molar-refractivity contribution in [3.63, 3.8) is 0 Å². The molecule has 2 aromatic rings. The molecule has 1 saturated carbocycles. The first-order chi connectivity index (χ1) is 18.7. The third-order valence-electron chi connectivity index (χ3n) is 7.83. The number of phenolic OH excluding ortho intramolecular Hbond substituents is 1. The van der Waals surface area contributed by atoms with Gasteiger partial charge >= 0.3 is 0 Å². The van der Waals surface area contributed by atoms with Crippen molar-refractivity contribution in [3.05, 3.63) is 75.6 Å². The number of amides is 2. The quantitative estimate of drug-likeness (QED) is 0.327. The minimum absolute atomic E-state index is 0.111. The van der Waals surface area contributed by atoms with Crippen molar-refractivity contribution < 1.29 is 19.6 Å². The van der Waals surface area contributed by atoms with E-state index in [1.807, 2.05) is 50.9 Å². The minimum atomic E-state index is -0.657. The lowest BCUT2D eigenvalue weighted by Gasteiger charge is -2.43. The maximum absolute atomic E-state index is 14.2. The van der Waals surface area contributed by atoms with E-state index >= 15 is 0 Å². The Kier molecular flexibility index (Phi) is 8.57. The van der Waals surface area contributed by atoms with E-state index in [1.165, 1.54) is 6.07 Å². The molecule has 0 unspecified atom stereocenters. The molecule has 0 spiro atoms. The smallest absolute Gasteiger partial charge is 0.293 e. The molecule has 0 saturated heterocycles. The van der Waals surface area contributed by atoms with Crippen molar-refractivity contribution in [1.29, 1.82) is 0 Å². The van der Waals surface area contributed by atoms with Gasteiger partial charge in [-0.15, -0.1) is 0 Å². The molecule has 9 nitrogen and oxygen atoms in total. The number of phenols is 1. The summed E-state index contributed by atoms with van der Waals surface area (Å²) in [6.07, 6.45) is 5.96. The molecule has 0 aromatic heterocycles. The van der Waals surface area contributed by atoms with Crippen molar-refractivity contribution >= 4 is 23.2 Å². The highest BCUT2D eigenvalue weighted by Crippen LogP contribution is 2.41. The Hall–Kier alpha value is -3.88. The van der Waals surface area contributed by atoms with Crippen LogP contribution in [0.2, 0.25) is 0 Å². The zero-order valence-electron chi connectivity index (χ0n) is 23.2. The lowest BCUT2D eigenvalue weighted by Crippen LogP contribution is -2.54. The molecule has 1 aliphatic heterocycles. The molecule has 1 aliphatic carbocycles. The van der Waals surface area contributed by atoms with E-state index < -0.39 is 11.0 Å². The highest BCUT2D eigenvalue weighted by Gasteiger charge is 2.42. The lowest BCUT2D eigenvalue weighted by molar-refractivity contribution is -0.384. The second-order valence-corrected chi connectivity index (χ2v) is 10.7. The van der Waals surface area contributed by atoms with Crippen LogP contribution in [0.5, 0.6) is 5.75 Å². The number of anilines is 1. The fraction of sp³-hybridized carbons (Fsp3) is 0.467. The number of hydrogen-bond acceptors (Lipinski definition) is 6. The third kappa shape index (κ3) is 5.77. The first kappa shape index (κ1) is 28.1. The highest BCUT2D eigenvalue weighted by atomic mass is 16.6. The third-order valence-corrected chi connectivity index (χ3v) is 7.83. The number of carbonyl (C=O) groups excluding carboxylic acids is 2. The molecule has 2 aromatic carbocycles. The number of carbonyl (C=O) groups is 2. The van der Waals surface area contributed by atoms with E-state index in [0.717, 1.165) is 36.9 Å². The van der Waals surface area contributed by atoms with Gasteiger partial charge in [-0.1, -0.05) is 38.8 Å². The van der Waals surface area contributed by atoms with Gasteiger partial charge in [-0.3, -0.25) is 19.7 Å². The van der Waals surface area contributed by atoms with Gasteiger partial charge in [0.25, 0.3) is 11.6 Å². The van der Waals surface area contributed by atoms with E-state index in [9.17, 15) is 24.8 Å². The molecule has 0 bridgehead atoms. The Morgan fingerprint density at radius 2 is 1.74 bits per heavy atom. The van der Waals surface area contributed by atoms with Crippen molar-refractivity contribution in [2.45, 2.75) is 66.0 Å². The van der Waals surface area contributed by atoms with Crippen molar-refractivity contribution in [3.8, 4) is 5.75 Å². The van der Waals surface area contributed by atoms with Crippen LogP contribution in [-0.2, 0) is 11.3 Å². The summed E-state index contributed by atoms with van der Waals surface area (Å²) in [7, 11) is 0. The van der Waals surface area contributed by atoms with Crippen LogP contribution in [0.15, 0.2) is 54.4 Å². The van der Waals surface area contributed by atoms with Gasteiger partial charge in [0.15, 0.2) is 0 Å². The van der Waals surface area contributed by atoms with Gasteiger partial charge < -0.3 is 19.8 Å². The fourth-order valence-electron chi connectivity index (χ4n) is 5.74.